The molecule has 2 rings (SSSR count). The lowest BCUT2D eigenvalue weighted by Gasteiger charge is -2.10. The van der Waals surface area contributed by atoms with Crippen LogP contribution in [0.3, 0.4) is 0 Å². The molecule has 1 heterocycles. The van der Waals surface area contributed by atoms with Crippen LogP contribution < -0.4 is 4.74 Å². The monoisotopic (exact) mass is 298 g/mol. The maximum atomic E-state index is 6.24. The fourth-order valence-corrected chi connectivity index (χ4v) is 2.23. The lowest BCUT2D eigenvalue weighted by atomic mass is 10.2. The molecule has 0 radical (unpaired) electrons. The van der Waals surface area contributed by atoms with Crippen molar-refractivity contribution in [2.24, 2.45) is 0 Å². The van der Waals surface area contributed by atoms with Crippen molar-refractivity contribution < 1.29 is 4.74 Å². The largest absolute Gasteiger partial charge is 0.487 e. The number of nitrogens with zero attached hydrogens (tertiary/aromatic N) is 2. The summed E-state index contributed by atoms with van der Waals surface area (Å²) in [6.45, 7) is 7.05. The van der Waals surface area contributed by atoms with E-state index in [0.29, 0.717) is 16.7 Å². The van der Waals surface area contributed by atoms with E-state index in [4.69, 9.17) is 27.9 Å². The molecule has 0 aliphatic heterocycles. The second-order valence-electron chi connectivity index (χ2n) is 4.36. The standard InChI is InChI=1S/C14H16Cl2N2O/c1-4-18-12(14(16)10(3)17-18)8-19-13-7-11(15)6-5-9(13)2/h5-7H,4,8H2,1-3H3. The van der Waals surface area contributed by atoms with Gasteiger partial charge in [-0.1, -0.05) is 29.3 Å². The third kappa shape index (κ3) is 3.04. The van der Waals surface area contributed by atoms with Gasteiger partial charge in [-0.05, 0) is 38.5 Å². The molecule has 0 spiro atoms. The van der Waals surface area contributed by atoms with Gasteiger partial charge in [-0.3, -0.25) is 4.68 Å². The fraction of sp³-hybridized carbons (Fsp3) is 0.357. The summed E-state index contributed by atoms with van der Waals surface area (Å²) in [5.74, 6) is 0.769. The number of hydrogen-bond acceptors (Lipinski definition) is 2. The number of hydrogen-bond donors (Lipinski definition) is 0. The number of benzene rings is 1. The Kier molecular flexibility index (Phi) is 4.38. The summed E-state index contributed by atoms with van der Waals surface area (Å²) < 4.78 is 7.67. The Morgan fingerprint density at radius 2 is 2.00 bits per heavy atom. The molecule has 19 heavy (non-hydrogen) atoms. The Bertz CT molecular complexity index is 593. The summed E-state index contributed by atoms with van der Waals surface area (Å²) in [6, 6.07) is 5.59. The zero-order valence-electron chi connectivity index (χ0n) is 11.2. The first-order valence-corrected chi connectivity index (χ1v) is 6.89. The summed E-state index contributed by atoms with van der Waals surface area (Å²) in [4.78, 5) is 0. The minimum atomic E-state index is 0.384. The first kappa shape index (κ1) is 14.2. The van der Waals surface area contributed by atoms with Gasteiger partial charge in [0.05, 0.1) is 16.4 Å². The first-order chi connectivity index (χ1) is 9.02. The van der Waals surface area contributed by atoms with Crippen molar-refractivity contribution in [1.82, 2.24) is 9.78 Å². The van der Waals surface area contributed by atoms with Gasteiger partial charge in [0.1, 0.15) is 12.4 Å². The van der Waals surface area contributed by atoms with Crippen LogP contribution in [0.2, 0.25) is 10.0 Å². The van der Waals surface area contributed by atoms with E-state index in [2.05, 4.69) is 5.10 Å². The van der Waals surface area contributed by atoms with Crippen molar-refractivity contribution in [3.63, 3.8) is 0 Å². The summed E-state index contributed by atoms with van der Waals surface area (Å²) in [7, 11) is 0. The van der Waals surface area contributed by atoms with Gasteiger partial charge >= 0.3 is 0 Å². The van der Waals surface area contributed by atoms with Crippen LogP contribution in [0, 0.1) is 13.8 Å². The summed E-state index contributed by atoms with van der Waals surface area (Å²) >= 11 is 12.2. The fourth-order valence-electron chi connectivity index (χ4n) is 1.88. The number of ether oxygens (including phenoxy) is 1. The van der Waals surface area contributed by atoms with Crippen LogP contribution in [0.15, 0.2) is 18.2 Å². The topological polar surface area (TPSA) is 27.1 Å². The van der Waals surface area contributed by atoms with Gasteiger partial charge in [-0.2, -0.15) is 5.10 Å². The third-order valence-corrected chi connectivity index (χ3v) is 3.69. The van der Waals surface area contributed by atoms with Crippen molar-refractivity contribution in [3.8, 4) is 5.75 Å². The number of rotatable bonds is 4. The van der Waals surface area contributed by atoms with E-state index in [1.165, 1.54) is 0 Å². The summed E-state index contributed by atoms with van der Waals surface area (Å²) in [5.41, 5.74) is 2.76. The highest BCUT2D eigenvalue weighted by atomic mass is 35.5. The van der Waals surface area contributed by atoms with Crippen molar-refractivity contribution in [3.05, 3.63) is 45.2 Å². The number of aryl methyl sites for hydroxylation is 3. The number of halogens is 2. The Morgan fingerprint density at radius 3 is 2.68 bits per heavy atom. The Hall–Kier alpha value is -1.19. The summed E-state index contributed by atoms with van der Waals surface area (Å²) in [6.07, 6.45) is 0. The van der Waals surface area contributed by atoms with Crippen LogP contribution in [-0.4, -0.2) is 9.78 Å². The lowest BCUT2D eigenvalue weighted by Crippen LogP contribution is -2.07. The minimum Gasteiger partial charge on any atom is -0.487 e. The smallest absolute Gasteiger partial charge is 0.131 e. The van der Waals surface area contributed by atoms with Gasteiger partial charge < -0.3 is 4.74 Å². The Labute approximate surface area is 123 Å². The molecule has 0 amide bonds. The van der Waals surface area contributed by atoms with Crippen LogP contribution in [0.25, 0.3) is 0 Å². The normalized spacial score (nSPS) is 10.8. The Morgan fingerprint density at radius 1 is 1.26 bits per heavy atom. The molecule has 0 aliphatic carbocycles. The van der Waals surface area contributed by atoms with Crippen molar-refractivity contribution >= 4 is 23.2 Å². The predicted molar refractivity (Wildman–Crippen MR) is 78.2 cm³/mol. The van der Waals surface area contributed by atoms with Gasteiger partial charge in [0, 0.05) is 11.6 Å². The number of aromatic nitrogens is 2. The highest BCUT2D eigenvalue weighted by molar-refractivity contribution is 6.31. The molecule has 3 nitrogen and oxygen atoms in total. The van der Waals surface area contributed by atoms with Gasteiger partial charge in [0.25, 0.3) is 0 Å². The molecule has 0 saturated carbocycles. The summed E-state index contributed by atoms with van der Waals surface area (Å²) in [5, 5.41) is 5.69. The lowest BCUT2D eigenvalue weighted by molar-refractivity contribution is 0.290. The SMILES string of the molecule is CCn1nc(C)c(Cl)c1COc1cc(Cl)ccc1C. The third-order valence-electron chi connectivity index (χ3n) is 2.97. The molecule has 2 aromatic rings. The predicted octanol–water partition coefficient (Wildman–Crippen LogP) is 4.41. The molecular formula is C14H16Cl2N2O. The molecule has 5 heteroatoms. The van der Waals surface area contributed by atoms with Gasteiger partial charge in [0.2, 0.25) is 0 Å². The molecule has 0 fully saturated rings. The molecule has 102 valence electrons. The van der Waals surface area contributed by atoms with Gasteiger partial charge in [0.15, 0.2) is 0 Å². The zero-order valence-corrected chi connectivity index (χ0v) is 12.7. The van der Waals surface area contributed by atoms with Crippen LogP contribution in [-0.2, 0) is 13.2 Å². The molecule has 1 aromatic heterocycles. The zero-order chi connectivity index (χ0) is 14.0. The van der Waals surface area contributed by atoms with E-state index in [9.17, 15) is 0 Å². The van der Waals surface area contributed by atoms with Crippen molar-refractivity contribution in [2.45, 2.75) is 33.9 Å². The molecule has 0 unspecified atom stereocenters. The van der Waals surface area contributed by atoms with Crippen molar-refractivity contribution in [1.29, 1.82) is 0 Å². The van der Waals surface area contributed by atoms with E-state index in [0.717, 1.165) is 29.2 Å². The molecule has 0 atom stereocenters. The van der Waals surface area contributed by atoms with Crippen LogP contribution in [0.5, 0.6) is 5.75 Å². The van der Waals surface area contributed by atoms with E-state index in [1.54, 1.807) is 0 Å². The van der Waals surface area contributed by atoms with E-state index < -0.39 is 0 Å². The van der Waals surface area contributed by atoms with Crippen LogP contribution >= 0.6 is 23.2 Å². The second kappa shape index (κ2) is 5.85. The Balaban J connectivity index is 2.21. The van der Waals surface area contributed by atoms with E-state index >= 15 is 0 Å². The average molecular weight is 299 g/mol. The van der Waals surface area contributed by atoms with E-state index in [-0.39, 0.29) is 0 Å². The quantitative estimate of drug-likeness (QED) is 0.836. The maximum absolute atomic E-state index is 6.24. The van der Waals surface area contributed by atoms with Crippen LogP contribution in [0.4, 0.5) is 0 Å². The average Bonchev–Trinajstić information content (AvgIpc) is 2.66. The van der Waals surface area contributed by atoms with Crippen LogP contribution in [0.1, 0.15) is 23.9 Å². The molecule has 0 bridgehead atoms. The highest BCUT2D eigenvalue weighted by Crippen LogP contribution is 2.26. The molecule has 1 aromatic carbocycles. The molecule has 0 aliphatic rings. The molecular weight excluding hydrogens is 283 g/mol. The minimum absolute atomic E-state index is 0.384. The highest BCUT2D eigenvalue weighted by Gasteiger charge is 2.13. The van der Waals surface area contributed by atoms with Gasteiger partial charge in [-0.15, -0.1) is 0 Å². The molecule has 0 saturated heterocycles. The maximum Gasteiger partial charge on any atom is 0.131 e. The second-order valence-corrected chi connectivity index (χ2v) is 5.17. The van der Waals surface area contributed by atoms with Gasteiger partial charge in [-0.25, -0.2) is 0 Å². The first-order valence-electron chi connectivity index (χ1n) is 6.13. The van der Waals surface area contributed by atoms with E-state index in [1.807, 2.05) is 43.7 Å². The van der Waals surface area contributed by atoms with Crippen molar-refractivity contribution in [2.75, 3.05) is 0 Å². The molecule has 0 N–H and O–H groups in total.